The molecule has 5 rings (SSSR count). The number of hydrogen-bond donors (Lipinski definition) is 1. The van der Waals surface area contributed by atoms with Crippen LogP contribution in [-0.2, 0) is 14.3 Å². The molecule has 2 bridgehead atoms. The summed E-state index contributed by atoms with van der Waals surface area (Å²) in [5, 5.41) is 11.6. The van der Waals surface area contributed by atoms with Crippen molar-refractivity contribution in [3.8, 4) is 16.9 Å². The van der Waals surface area contributed by atoms with Crippen molar-refractivity contribution in [1.82, 2.24) is 0 Å². The van der Waals surface area contributed by atoms with Crippen molar-refractivity contribution >= 4 is 23.3 Å². The smallest absolute Gasteiger partial charge is 0.343 e. The second-order valence-electron chi connectivity index (χ2n) is 10.8. The zero-order valence-electron chi connectivity index (χ0n) is 22.7. The van der Waals surface area contributed by atoms with Gasteiger partial charge in [-0.2, -0.15) is 0 Å². The molecule has 0 spiro atoms. The Morgan fingerprint density at radius 1 is 0.923 bits per heavy atom. The lowest BCUT2D eigenvalue weighted by atomic mass is 9.87. The number of fused-ring (bicyclic) bond motifs is 2. The highest BCUT2D eigenvalue weighted by atomic mass is 16.6. The van der Waals surface area contributed by atoms with Gasteiger partial charge in [0.25, 0.3) is 0 Å². The number of nitrogens with zero attached hydrogens (tertiary/aromatic N) is 2. The first kappa shape index (κ1) is 26.8. The van der Waals surface area contributed by atoms with Crippen LogP contribution < -0.4 is 14.5 Å². The van der Waals surface area contributed by atoms with Crippen LogP contribution in [0.3, 0.4) is 0 Å². The van der Waals surface area contributed by atoms with Crippen molar-refractivity contribution in [3.63, 3.8) is 0 Å². The van der Waals surface area contributed by atoms with Gasteiger partial charge in [0.1, 0.15) is 5.75 Å². The molecule has 3 aromatic rings. The van der Waals surface area contributed by atoms with Crippen LogP contribution in [0.25, 0.3) is 11.1 Å². The number of aliphatic hydroxyl groups is 1. The van der Waals surface area contributed by atoms with E-state index in [0.29, 0.717) is 28.8 Å². The highest BCUT2D eigenvalue weighted by molar-refractivity contribution is 5.96. The lowest BCUT2D eigenvalue weighted by Crippen LogP contribution is -2.41. The van der Waals surface area contributed by atoms with E-state index in [1.807, 2.05) is 38.4 Å². The molecule has 4 unspecified atom stereocenters. The number of aliphatic hydroxyl groups excluding tert-OH is 1. The Labute approximate surface area is 230 Å². The number of benzene rings is 3. The molecule has 7 nitrogen and oxygen atoms in total. The van der Waals surface area contributed by atoms with Crippen molar-refractivity contribution < 1.29 is 24.2 Å². The van der Waals surface area contributed by atoms with E-state index in [-0.39, 0.29) is 18.4 Å². The van der Waals surface area contributed by atoms with Crippen LogP contribution >= 0.6 is 0 Å². The van der Waals surface area contributed by atoms with Crippen LogP contribution in [0.15, 0.2) is 72.8 Å². The number of hydrogen-bond acceptors (Lipinski definition) is 6. The molecular formula is C32H36N2O5. The maximum atomic E-state index is 14.0. The fourth-order valence-corrected chi connectivity index (χ4v) is 5.99. The summed E-state index contributed by atoms with van der Waals surface area (Å²) in [5.41, 5.74) is 4.38. The van der Waals surface area contributed by atoms with Crippen molar-refractivity contribution in [2.75, 3.05) is 37.6 Å². The van der Waals surface area contributed by atoms with E-state index in [4.69, 9.17) is 4.74 Å². The number of amides is 1. The molecule has 39 heavy (non-hydrogen) atoms. The molecule has 2 aliphatic carbocycles. The number of ether oxygens (including phenoxy) is 2. The first-order chi connectivity index (χ1) is 18.8. The predicted octanol–water partition coefficient (Wildman–Crippen LogP) is 5.43. The van der Waals surface area contributed by atoms with E-state index in [2.05, 4.69) is 33.9 Å². The van der Waals surface area contributed by atoms with E-state index in [0.717, 1.165) is 36.1 Å². The van der Waals surface area contributed by atoms with Crippen molar-refractivity contribution in [1.29, 1.82) is 0 Å². The molecule has 0 heterocycles. The van der Waals surface area contributed by atoms with Gasteiger partial charge in [-0.3, -0.25) is 9.69 Å². The Balaban J connectivity index is 1.42. The summed E-state index contributed by atoms with van der Waals surface area (Å²) < 4.78 is 10.2. The van der Waals surface area contributed by atoms with Crippen molar-refractivity contribution in [2.45, 2.75) is 31.9 Å². The van der Waals surface area contributed by atoms with Gasteiger partial charge in [0.05, 0.1) is 12.8 Å². The minimum Gasteiger partial charge on any atom is -0.482 e. The maximum Gasteiger partial charge on any atom is 0.343 e. The molecule has 0 aliphatic heterocycles. The Morgan fingerprint density at radius 3 is 2.21 bits per heavy atom. The van der Waals surface area contributed by atoms with Gasteiger partial charge < -0.3 is 19.5 Å². The zero-order chi connectivity index (χ0) is 27.5. The van der Waals surface area contributed by atoms with Crippen LogP contribution in [0.4, 0.5) is 11.4 Å². The number of rotatable bonds is 9. The SMILES string of the molecule is COC(=O)COc1cccc(N(C(=O)C2CC3CCC2C3)C(O)c2ccc(-c3ccc(N(C)C)cc3)cc2)c1. The molecule has 1 N–H and O–H groups in total. The fourth-order valence-electron chi connectivity index (χ4n) is 5.99. The highest BCUT2D eigenvalue weighted by Crippen LogP contribution is 2.49. The van der Waals surface area contributed by atoms with E-state index >= 15 is 0 Å². The molecule has 2 fully saturated rings. The molecule has 0 radical (unpaired) electrons. The first-order valence-electron chi connectivity index (χ1n) is 13.5. The molecule has 4 atom stereocenters. The molecule has 2 saturated carbocycles. The molecule has 0 aromatic heterocycles. The highest BCUT2D eigenvalue weighted by Gasteiger charge is 2.45. The number of anilines is 2. The minimum atomic E-state index is -1.17. The van der Waals surface area contributed by atoms with Gasteiger partial charge in [-0.25, -0.2) is 4.79 Å². The molecule has 1 amide bonds. The summed E-state index contributed by atoms with van der Waals surface area (Å²) in [6.07, 6.45) is 3.04. The Hall–Kier alpha value is -3.84. The molecule has 3 aromatic carbocycles. The van der Waals surface area contributed by atoms with Crippen LogP contribution in [0.1, 0.15) is 37.5 Å². The second-order valence-corrected chi connectivity index (χ2v) is 10.8. The number of esters is 1. The van der Waals surface area contributed by atoms with Crippen LogP contribution in [-0.4, -0.2) is 44.8 Å². The lowest BCUT2D eigenvalue weighted by Gasteiger charge is -2.33. The van der Waals surface area contributed by atoms with Crippen molar-refractivity contribution in [2.24, 2.45) is 17.8 Å². The van der Waals surface area contributed by atoms with Gasteiger partial charge in [0.15, 0.2) is 12.8 Å². The molecule has 0 saturated heterocycles. The third-order valence-corrected chi connectivity index (χ3v) is 8.14. The van der Waals surface area contributed by atoms with E-state index in [1.54, 1.807) is 24.3 Å². The Kier molecular flexibility index (Phi) is 7.89. The monoisotopic (exact) mass is 528 g/mol. The summed E-state index contributed by atoms with van der Waals surface area (Å²) in [4.78, 5) is 29.1. The minimum absolute atomic E-state index is 0.0665. The summed E-state index contributed by atoms with van der Waals surface area (Å²) >= 11 is 0. The van der Waals surface area contributed by atoms with E-state index in [1.165, 1.54) is 18.4 Å². The standard InChI is InChI=1S/C32H36N2O5/c1-33(2)26-15-13-23(14-16-26)22-9-11-24(12-10-22)31(36)34(32(37)29-18-21-7-8-25(29)17-21)27-5-4-6-28(19-27)39-20-30(35)38-3/h4-6,9-16,19,21,25,29,31,36H,7-8,17-18,20H2,1-3H3. The fraction of sp³-hybridized carbons (Fsp3) is 0.375. The van der Waals surface area contributed by atoms with Gasteiger partial charge >= 0.3 is 5.97 Å². The quantitative estimate of drug-likeness (QED) is 0.295. The van der Waals surface area contributed by atoms with Gasteiger partial charge in [-0.15, -0.1) is 0 Å². The third-order valence-electron chi connectivity index (χ3n) is 8.14. The summed E-state index contributed by atoms with van der Waals surface area (Å²) in [7, 11) is 5.32. The number of methoxy groups -OCH3 is 1. The predicted molar refractivity (Wildman–Crippen MR) is 152 cm³/mol. The van der Waals surface area contributed by atoms with Gasteiger partial charge in [-0.05, 0) is 66.5 Å². The summed E-state index contributed by atoms with van der Waals surface area (Å²) in [6.45, 7) is -0.236. The molecule has 7 heteroatoms. The molecular weight excluding hydrogens is 492 g/mol. The van der Waals surface area contributed by atoms with Crippen LogP contribution in [0, 0.1) is 17.8 Å². The van der Waals surface area contributed by atoms with Crippen molar-refractivity contribution in [3.05, 3.63) is 78.4 Å². The van der Waals surface area contributed by atoms with Gasteiger partial charge in [-0.1, -0.05) is 48.9 Å². The third kappa shape index (κ3) is 5.78. The van der Waals surface area contributed by atoms with Gasteiger partial charge in [0, 0.05) is 37.3 Å². The van der Waals surface area contributed by atoms with Crippen LogP contribution in [0.5, 0.6) is 5.75 Å². The number of carbonyl (C=O) groups is 2. The summed E-state index contributed by atoms with van der Waals surface area (Å²) in [6, 6.07) is 22.9. The largest absolute Gasteiger partial charge is 0.482 e. The van der Waals surface area contributed by atoms with Gasteiger partial charge in [0.2, 0.25) is 5.91 Å². The summed E-state index contributed by atoms with van der Waals surface area (Å²) in [5.74, 6) is 0.717. The molecule has 204 valence electrons. The average molecular weight is 529 g/mol. The second kappa shape index (κ2) is 11.5. The lowest BCUT2D eigenvalue weighted by molar-refractivity contribution is -0.142. The van der Waals surface area contributed by atoms with Crippen LogP contribution in [0.2, 0.25) is 0 Å². The van der Waals surface area contributed by atoms with E-state index in [9.17, 15) is 14.7 Å². The Morgan fingerprint density at radius 2 is 1.62 bits per heavy atom. The topological polar surface area (TPSA) is 79.3 Å². The normalized spacial score (nSPS) is 20.4. The maximum absolute atomic E-state index is 14.0. The van der Waals surface area contributed by atoms with E-state index < -0.39 is 12.2 Å². The Bertz CT molecular complexity index is 1300. The average Bonchev–Trinajstić information content (AvgIpc) is 3.60. The molecule has 2 aliphatic rings. The first-order valence-corrected chi connectivity index (χ1v) is 13.5. The number of carbonyl (C=O) groups excluding carboxylic acids is 2. The zero-order valence-corrected chi connectivity index (χ0v) is 22.7.